The third-order valence-electron chi connectivity index (χ3n) is 4.70. The molecule has 0 radical (unpaired) electrons. The van der Waals surface area contributed by atoms with Crippen molar-refractivity contribution < 1.29 is 4.74 Å². The van der Waals surface area contributed by atoms with E-state index in [0.29, 0.717) is 17.4 Å². The van der Waals surface area contributed by atoms with Gasteiger partial charge in [0.15, 0.2) is 0 Å². The SMILES string of the molecule is CC(C)Cc1ccc(-c2[nH]nc3c2C(c2ccsc2)C(C#N)=C(N)O3)cc1. The zero-order chi connectivity index (χ0) is 19.0. The van der Waals surface area contributed by atoms with Gasteiger partial charge in [0.05, 0.1) is 17.2 Å². The molecule has 0 bridgehead atoms. The molecule has 136 valence electrons. The lowest BCUT2D eigenvalue weighted by Crippen LogP contribution is -2.20. The summed E-state index contributed by atoms with van der Waals surface area (Å²) in [5.41, 5.74) is 11.5. The first-order chi connectivity index (χ1) is 13.1. The Balaban J connectivity index is 1.81. The number of aromatic amines is 1. The number of nitriles is 1. The second kappa shape index (κ2) is 6.93. The van der Waals surface area contributed by atoms with Crippen molar-refractivity contribution in [3.05, 3.63) is 69.2 Å². The molecular formula is C21H20N4OS. The quantitative estimate of drug-likeness (QED) is 0.699. The first-order valence-corrected chi connectivity index (χ1v) is 9.80. The van der Waals surface area contributed by atoms with E-state index in [1.165, 1.54) is 5.56 Å². The van der Waals surface area contributed by atoms with Gasteiger partial charge >= 0.3 is 0 Å². The number of hydrogen-bond donors (Lipinski definition) is 2. The fourth-order valence-corrected chi connectivity index (χ4v) is 4.20. The van der Waals surface area contributed by atoms with Gasteiger partial charge in [0.25, 0.3) is 0 Å². The van der Waals surface area contributed by atoms with E-state index in [0.717, 1.165) is 28.8 Å². The van der Waals surface area contributed by atoms with Crippen molar-refractivity contribution in [2.45, 2.75) is 26.2 Å². The number of rotatable bonds is 4. The van der Waals surface area contributed by atoms with Crippen LogP contribution in [-0.2, 0) is 6.42 Å². The van der Waals surface area contributed by atoms with E-state index in [1.807, 2.05) is 16.8 Å². The average Bonchev–Trinajstić information content (AvgIpc) is 3.30. The number of benzene rings is 1. The molecule has 2 aromatic heterocycles. The maximum Gasteiger partial charge on any atom is 0.244 e. The predicted octanol–water partition coefficient (Wildman–Crippen LogP) is 4.55. The van der Waals surface area contributed by atoms with E-state index >= 15 is 0 Å². The molecule has 4 rings (SSSR count). The number of nitrogens with one attached hydrogen (secondary N) is 1. The van der Waals surface area contributed by atoms with Crippen molar-refractivity contribution >= 4 is 11.3 Å². The Kier molecular flexibility index (Phi) is 4.46. The minimum atomic E-state index is -0.283. The molecule has 0 saturated heterocycles. The van der Waals surface area contributed by atoms with Crippen molar-refractivity contribution in [3.8, 4) is 23.2 Å². The topological polar surface area (TPSA) is 87.7 Å². The Morgan fingerprint density at radius 3 is 2.70 bits per heavy atom. The van der Waals surface area contributed by atoms with Gasteiger partial charge in [-0.2, -0.15) is 16.6 Å². The molecule has 0 amide bonds. The molecule has 27 heavy (non-hydrogen) atoms. The van der Waals surface area contributed by atoms with Gasteiger partial charge in [-0.3, -0.25) is 5.10 Å². The van der Waals surface area contributed by atoms with E-state index in [4.69, 9.17) is 10.5 Å². The van der Waals surface area contributed by atoms with Gasteiger partial charge < -0.3 is 10.5 Å². The first-order valence-electron chi connectivity index (χ1n) is 8.85. The van der Waals surface area contributed by atoms with Crippen LogP contribution < -0.4 is 10.5 Å². The summed E-state index contributed by atoms with van der Waals surface area (Å²) in [4.78, 5) is 0. The molecule has 1 atom stereocenters. The van der Waals surface area contributed by atoms with Crippen molar-refractivity contribution in [2.24, 2.45) is 11.7 Å². The molecule has 5 nitrogen and oxygen atoms in total. The summed E-state index contributed by atoms with van der Waals surface area (Å²) >= 11 is 1.59. The molecule has 1 aliphatic heterocycles. The summed E-state index contributed by atoms with van der Waals surface area (Å²) in [5.74, 6) is 0.878. The van der Waals surface area contributed by atoms with E-state index in [-0.39, 0.29) is 11.8 Å². The Bertz CT molecular complexity index is 1020. The smallest absolute Gasteiger partial charge is 0.244 e. The highest BCUT2D eigenvalue weighted by Crippen LogP contribution is 2.45. The lowest BCUT2D eigenvalue weighted by atomic mass is 9.84. The zero-order valence-corrected chi connectivity index (χ0v) is 16.0. The standard InChI is InChI=1S/C21H20N4OS/c1-12(2)9-13-3-5-14(6-4-13)19-18-17(15-7-8-27-11-15)16(10-22)20(23)26-21(18)25-24-19/h3-8,11-12,17H,9,23H2,1-2H3,(H,24,25). The highest BCUT2D eigenvalue weighted by Gasteiger charge is 2.35. The van der Waals surface area contributed by atoms with Gasteiger partial charge in [-0.05, 0) is 40.3 Å². The van der Waals surface area contributed by atoms with Gasteiger partial charge in [-0.15, -0.1) is 5.10 Å². The molecule has 0 aliphatic carbocycles. The van der Waals surface area contributed by atoms with Crippen LogP contribution in [0.2, 0.25) is 0 Å². The summed E-state index contributed by atoms with van der Waals surface area (Å²) < 4.78 is 5.64. The van der Waals surface area contributed by atoms with Gasteiger partial charge in [-0.25, -0.2) is 0 Å². The molecular weight excluding hydrogens is 356 g/mol. The van der Waals surface area contributed by atoms with Crippen LogP contribution >= 0.6 is 11.3 Å². The molecule has 0 fully saturated rings. The Labute approximate surface area is 162 Å². The molecule has 0 saturated carbocycles. The number of thiophene rings is 1. The number of nitrogens with two attached hydrogens (primary N) is 1. The van der Waals surface area contributed by atoms with Crippen LogP contribution in [0.3, 0.4) is 0 Å². The molecule has 3 N–H and O–H groups in total. The summed E-state index contributed by atoms with van der Waals surface area (Å²) in [5, 5.41) is 21.1. The van der Waals surface area contributed by atoms with E-state index in [9.17, 15) is 5.26 Å². The molecule has 3 aromatic rings. The summed E-state index contributed by atoms with van der Waals surface area (Å²) in [6.07, 6.45) is 1.04. The largest absolute Gasteiger partial charge is 0.420 e. The number of nitrogens with zero attached hydrogens (tertiary/aromatic N) is 2. The zero-order valence-electron chi connectivity index (χ0n) is 15.2. The van der Waals surface area contributed by atoms with Crippen molar-refractivity contribution in [2.75, 3.05) is 0 Å². The minimum absolute atomic E-state index is 0.117. The van der Waals surface area contributed by atoms with Gasteiger partial charge in [-0.1, -0.05) is 38.1 Å². The van der Waals surface area contributed by atoms with Crippen LogP contribution in [0.1, 0.15) is 36.5 Å². The molecule has 1 aromatic carbocycles. The third kappa shape index (κ3) is 3.11. The second-order valence-corrected chi connectivity index (χ2v) is 7.87. The van der Waals surface area contributed by atoms with Crippen LogP contribution in [0, 0.1) is 17.2 Å². The fraction of sp³-hybridized carbons (Fsp3) is 0.238. The van der Waals surface area contributed by atoms with Crippen LogP contribution in [-0.4, -0.2) is 10.2 Å². The van der Waals surface area contributed by atoms with E-state index in [2.05, 4.69) is 54.4 Å². The van der Waals surface area contributed by atoms with Gasteiger partial charge in [0.1, 0.15) is 11.6 Å². The van der Waals surface area contributed by atoms with Gasteiger partial charge in [0.2, 0.25) is 11.8 Å². The van der Waals surface area contributed by atoms with E-state index in [1.54, 1.807) is 11.3 Å². The second-order valence-electron chi connectivity index (χ2n) is 7.09. The van der Waals surface area contributed by atoms with Crippen LogP contribution in [0.4, 0.5) is 0 Å². The lowest BCUT2D eigenvalue weighted by Gasteiger charge is -2.23. The number of ether oxygens (including phenoxy) is 1. The van der Waals surface area contributed by atoms with Crippen molar-refractivity contribution in [1.82, 2.24) is 10.2 Å². The number of hydrogen-bond acceptors (Lipinski definition) is 5. The normalized spacial score (nSPS) is 16.1. The maximum atomic E-state index is 9.68. The van der Waals surface area contributed by atoms with Gasteiger partial charge in [0, 0.05) is 5.56 Å². The molecule has 1 aliphatic rings. The summed E-state index contributed by atoms with van der Waals surface area (Å²) in [6, 6.07) is 12.7. The number of fused-ring (bicyclic) bond motifs is 1. The fourth-order valence-electron chi connectivity index (χ4n) is 3.52. The number of H-pyrrole nitrogens is 1. The minimum Gasteiger partial charge on any atom is -0.420 e. The molecule has 1 unspecified atom stereocenters. The Morgan fingerprint density at radius 2 is 2.07 bits per heavy atom. The number of aromatic nitrogens is 2. The molecule has 0 spiro atoms. The summed E-state index contributed by atoms with van der Waals surface area (Å²) in [7, 11) is 0. The van der Waals surface area contributed by atoms with Crippen LogP contribution in [0.5, 0.6) is 5.88 Å². The summed E-state index contributed by atoms with van der Waals surface area (Å²) in [6.45, 7) is 4.42. The average molecular weight is 376 g/mol. The Morgan fingerprint density at radius 1 is 1.30 bits per heavy atom. The third-order valence-corrected chi connectivity index (χ3v) is 5.40. The Hall–Kier alpha value is -3.04. The maximum absolute atomic E-state index is 9.68. The van der Waals surface area contributed by atoms with E-state index < -0.39 is 0 Å². The monoisotopic (exact) mass is 376 g/mol. The number of allylic oxidation sites excluding steroid dienone is 1. The van der Waals surface area contributed by atoms with Crippen LogP contribution in [0.25, 0.3) is 11.3 Å². The van der Waals surface area contributed by atoms with Crippen LogP contribution in [0.15, 0.2) is 52.5 Å². The van der Waals surface area contributed by atoms with Crippen molar-refractivity contribution in [1.29, 1.82) is 5.26 Å². The molecule has 6 heteroatoms. The predicted molar refractivity (Wildman–Crippen MR) is 106 cm³/mol. The highest BCUT2D eigenvalue weighted by atomic mass is 32.1. The molecule has 3 heterocycles. The lowest BCUT2D eigenvalue weighted by molar-refractivity contribution is 0.379. The van der Waals surface area contributed by atoms with Crippen molar-refractivity contribution in [3.63, 3.8) is 0 Å². The first kappa shape index (κ1) is 17.4. The highest BCUT2D eigenvalue weighted by molar-refractivity contribution is 7.08.